The Morgan fingerprint density at radius 3 is 2.31 bits per heavy atom. The summed E-state index contributed by atoms with van der Waals surface area (Å²) in [5.74, 6) is 0.599. The number of halogens is 1. The van der Waals surface area contributed by atoms with Crippen molar-refractivity contribution in [2.75, 3.05) is 19.6 Å². The van der Waals surface area contributed by atoms with Gasteiger partial charge >= 0.3 is 0 Å². The minimum atomic E-state index is -0.308. The molecule has 2 amide bonds. The summed E-state index contributed by atoms with van der Waals surface area (Å²) in [5.41, 5.74) is 6.18. The molecule has 1 saturated heterocycles. The Labute approximate surface area is 216 Å². The van der Waals surface area contributed by atoms with Gasteiger partial charge in [0.05, 0.1) is 11.1 Å². The van der Waals surface area contributed by atoms with E-state index in [9.17, 15) is 9.59 Å². The van der Waals surface area contributed by atoms with Crippen LogP contribution in [-0.2, 0) is 29.6 Å². The molecule has 184 valence electrons. The van der Waals surface area contributed by atoms with E-state index in [4.69, 9.17) is 0 Å². The molecule has 0 saturated carbocycles. The van der Waals surface area contributed by atoms with Crippen LogP contribution < -0.4 is 5.32 Å². The second-order valence-electron chi connectivity index (χ2n) is 10.2. The lowest BCUT2D eigenvalue weighted by atomic mass is 9.85. The van der Waals surface area contributed by atoms with Gasteiger partial charge in [0.2, 0.25) is 0 Å². The number of para-hydroxylation sites is 2. The highest BCUT2D eigenvalue weighted by molar-refractivity contribution is 6.51. The van der Waals surface area contributed by atoms with Crippen LogP contribution in [0, 0.1) is 11.8 Å². The Bertz CT molecular complexity index is 1590. The van der Waals surface area contributed by atoms with Crippen molar-refractivity contribution in [3.63, 3.8) is 0 Å². The van der Waals surface area contributed by atoms with Gasteiger partial charge in [-0.15, -0.1) is 12.4 Å². The Morgan fingerprint density at radius 2 is 1.53 bits per heavy atom. The lowest BCUT2D eigenvalue weighted by Gasteiger charge is -2.28. The predicted octanol–water partition coefficient (Wildman–Crippen LogP) is 4.25. The largest absolute Gasteiger partial charge is 0.350 e. The highest BCUT2D eigenvalue weighted by Gasteiger charge is 2.41. The van der Waals surface area contributed by atoms with Crippen LogP contribution in [-0.4, -0.2) is 45.5 Å². The topological polar surface area (TPSA) is 59.3 Å². The van der Waals surface area contributed by atoms with E-state index in [0.717, 1.165) is 65.5 Å². The van der Waals surface area contributed by atoms with Crippen molar-refractivity contribution in [2.24, 2.45) is 18.9 Å². The van der Waals surface area contributed by atoms with Gasteiger partial charge in [-0.3, -0.25) is 14.9 Å². The number of imide groups is 1. The average Bonchev–Trinajstić information content (AvgIpc) is 3.58. The summed E-state index contributed by atoms with van der Waals surface area (Å²) in [4.78, 5) is 29.3. The smallest absolute Gasteiger partial charge is 0.259 e. The first-order valence-electron chi connectivity index (χ1n) is 12.5. The van der Waals surface area contributed by atoms with Crippen LogP contribution in [0.4, 0.5) is 0 Å². The highest BCUT2D eigenvalue weighted by atomic mass is 35.5. The molecule has 2 atom stereocenters. The standard InChI is InChI=1S/C29H28N4O2.ClH/c1-3-32-13-17-12-24-25(20-9-5-7-11-23(20)33(24)15-18(17)14-32)27-26(28(34)30-29(27)35)21-16-31(2)22-10-6-4-8-19(21)22;/h4-11,16-18H,3,12-15H2,1-2H3,(H,30,34,35);1H/t17-,18-;/m1./s1. The maximum absolute atomic E-state index is 13.5. The molecule has 0 radical (unpaired) electrons. The van der Waals surface area contributed by atoms with Gasteiger partial charge in [0.25, 0.3) is 11.8 Å². The van der Waals surface area contributed by atoms with Gasteiger partial charge in [0.15, 0.2) is 0 Å². The Balaban J connectivity index is 0.00000240. The zero-order chi connectivity index (χ0) is 23.8. The molecule has 0 unspecified atom stereocenters. The maximum Gasteiger partial charge on any atom is 0.259 e. The fraction of sp³-hybridized carbons (Fsp3) is 0.310. The zero-order valence-corrected chi connectivity index (χ0v) is 21.3. The number of likely N-dealkylation sites (tertiary alicyclic amines) is 1. The van der Waals surface area contributed by atoms with Crippen molar-refractivity contribution >= 4 is 57.2 Å². The van der Waals surface area contributed by atoms with Crippen molar-refractivity contribution in [1.29, 1.82) is 0 Å². The number of fused-ring (bicyclic) bond motifs is 5. The van der Waals surface area contributed by atoms with E-state index in [1.165, 1.54) is 5.69 Å². The minimum Gasteiger partial charge on any atom is -0.350 e. The van der Waals surface area contributed by atoms with Crippen molar-refractivity contribution in [2.45, 2.75) is 19.9 Å². The number of rotatable bonds is 3. The summed E-state index contributed by atoms with van der Waals surface area (Å²) in [6, 6.07) is 16.4. The first-order chi connectivity index (χ1) is 17.0. The van der Waals surface area contributed by atoms with Gasteiger partial charge in [-0.1, -0.05) is 43.3 Å². The molecular formula is C29H29ClN4O2. The molecule has 36 heavy (non-hydrogen) atoms. The molecule has 1 N–H and O–H groups in total. The number of aryl methyl sites for hydroxylation is 1. The molecule has 0 aliphatic carbocycles. The maximum atomic E-state index is 13.5. The number of benzene rings is 2. The molecule has 3 aliphatic rings. The van der Waals surface area contributed by atoms with E-state index in [2.05, 4.69) is 39.9 Å². The summed E-state index contributed by atoms with van der Waals surface area (Å²) < 4.78 is 4.45. The molecule has 7 rings (SSSR count). The van der Waals surface area contributed by atoms with Crippen LogP contribution in [0.5, 0.6) is 0 Å². The number of aromatic nitrogens is 2. The number of nitrogens with one attached hydrogen (secondary N) is 1. The van der Waals surface area contributed by atoms with E-state index in [0.29, 0.717) is 23.0 Å². The zero-order valence-electron chi connectivity index (χ0n) is 20.5. The third kappa shape index (κ3) is 3.14. The normalized spacial score (nSPS) is 21.7. The summed E-state index contributed by atoms with van der Waals surface area (Å²) in [7, 11) is 1.98. The molecule has 1 fully saturated rings. The molecular weight excluding hydrogens is 472 g/mol. The van der Waals surface area contributed by atoms with Crippen molar-refractivity contribution in [1.82, 2.24) is 19.4 Å². The average molecular weight is 501 g/mol. The van der Waals surface area contributed by atoms with E-state index >= 15 is 0 Å². The van der Waals surface area contributed by atoms with Gasteiger partial charge in [0, 0.05) is 71.5 Å². The third-order valence-corrected chi connectivity index (χ3v) is 8.40. The van der Waals surface area contributed by atoms with Crippen LogP contribution in [0.2, 0.25) is 0 Å². The monoisotopic (exact) mass is 500 g/mol. The minimum absolute atomic E-state index is 0. The van der Waals surface area contributed by atoms with Gasteiger partial charge in [-0.05, 0) is 36.9 Å². The number of amides is 2. The fourth-order valence-corrected chi connectivity index (χ4v) is 6.76. The first-order valence-corrected chi connectivity index (χ1v) is 12.5. The summed E-state index contributed by atoms with van der Waals surface area (Å²) in [6.07, 6.45) is 2.91. The van der Waals surface area contributed by atoms with Crippen molar-refractivity contribution < 1.29 is 9.59 Å². The summed E-state index contributed by atoms with van der Waals surface area (Å²) in [6.45, 7) is 6.49. The molecule has 7 heteroatoms. The first kappa shape index (κ1) is 23.1. The second kappa shape index (κ2) is 8.36. The van der Waals surface area contributed by atoms with Gasteiger partial charge in [-0.2, -0.15) is 0 Å². The van der Waals surface area contributed by atoms with Crippen LogP contribution in [0.15, 0.2) is 54.7 Å². The summed E-state index contributed by atoms with van der Waals surface area (Å²) >= 11 is 0. The number of hydrogen-bond donors (Lipinski definition) is 1. The molecule has 5 heterocycles. The van der Waals surface area contributed by atoms with Crippen LogP contribution in [0.3, 0.4) is 0 Å². The van der Waals surface area contributed by atoms with E-state index in [1.807, 2.05) is 48.1 Å². The number of carbonyl (C=O) groups excluding carboxylic acids is 2. The fourth-order valence-electron chi connectivity index (χ4n) is 6.76. The van der Waals surface area contributed by atoms with E-state index < -0.39 is 0 Å². The SMILES string of the molecule is CCN1C[C@H]2Cc3c(C4=C(c5cn(C)c6ccccc56)C(=O)NC4=O)c4ccccc4n3C[C@H]2C1.Cl. The molecule has 2 aromatic carbocycles. The van der Waals surface area contributed by atoms with Crippen LogP contribution >= 0.6 is 12.4 Å². The van der Waals surface area contributed by atoms with Crippen molar-refractivity contribution in [3.05, 3.63) is 71.5 Å². The lowest BCUT2D eigenvalue weighted by Crippen LogP contribution is -2.28. The number of nitrogens with zero attached hydrogens (tertiary/aromatic N) is 3. The summed E-state index contributed by atoms with van der Waals surface area (Å²) in [5, 5.41) is 4.68. The van der Waals surface area contributed by atoms with Gasteiger partial charge in [0.1, 0.15) is 0 Å². The molecule has 6 nitrogen and oxygen atoms in total. The molecule has 0 bridgehead atoms. The molecule has 3 aliphatic heterocycles. The Kier molecular flexibility index (Phi) is 5.36. The van der Waals surface area contributed by atoms with Crippen molar-refractivity contribution in [3.8, 4) is 0 Å². The number of hydrogen-bond acceptors (Lipinski definition) is 3. The molecule has 4 aromatic rings. The van der Waals surface area contributed by atoms with Gasteiger partial charge < -0.3 is 14.0 Å². The third-order valence-electron chi connectivity index (χ3n) is 8.40. The molecule has 0 spiro atoms. The highest BCUT2D eigenvalue weighted by Crippen LogP contribution is 2.44. The van der Waals surface area contributed by atoms with Crippen LogP contribution in [0.1, 0.15) is 23.7 Å². The quantitative estimate of drug-likeness (QED) is 0.428. The van der Waals surface area contributed by atoms with Gasteiger partial charge in [-0.25, -0.2) is 0 Å². The van der Waals surface area contributed by atoms with E-state index in [1.54, 1.807) is 0 Å². The lowest BCUT2D eigenvalue weighted by molar-refractivity contribution is -0.122. The van der Waals surface area contributed by atoms with Crippen LogP contribution in [0.25, 0.3) is 33.0 Å². The second-order valence-corrected chi connectivity index (χ2v) is 10.2. The predicted molar refractivity (Wildman–Crippen MR) is 145 cm³/mol. The number of carbonyl (C=O) groups is 2. The Morgan fingerprint density at radius 1 is 0.861 bits per heavy atom. The van der Waals surface area contributed by atoms with E-state index in [-0.39, 0.29) is 24.2 Å². The Hall–Kier alpha value is -3.35. The molecule has 2 aromatic heterocycles.